The zero-order valence-corrected chi connectivity index (χ0v) is 13.5. The maximum atomic E-state index is 2.53. The van der Waals surface area contributed by atoms with E-state index in [0.29, 0.717) is 0 Å². The molecule has 0 bridgehead atoms. The lowest BCUT2D eigenvalue weighted by molar-refractivity contribution is 0.190. The van der Waals surface area contributed by atoms with Crippen LogP contribution in [0.15, 0.2) is 24.3 Å². The molecule has 2 rings (SSSR count). The van der Waals surface area contributed by atoms with Gasteiger partial charge in [0.2, 0.25) is 0 Å². The van der Waals surface area contributed by atoms with Crippen molar-refractivity contribution in [3.05, 3.63) is 29.8 Å². The van der Waals surface area contributed by atoms with Crippen LogP contribution in [0.4, 0.5) is 5.69 Å². The summed E-state index contributed by atoms with van der Waals surface area (Å²) < 4.78 is 0. The van der Waals surface area contributed by atoms with Crippen molar-refractivity contribution in [1.29, 1.82) is 0 Å². The molecule has 0 saturated carbocycles. The summed E-state index contributed by atoms with van der Waals surface area (Å²) in [4.78, 5) is 7.32. The number of rotatable bonds is 5. The topological polar surface area (TPSA) is 9.72 Å². The smallest absolute Gasteiger partial charge is 0.0366 e. The highest BCUT2D eigenvalue weighted by Gasteiger charge is 2.22. The maximum Gasteiger partial charge on any atom is 0.0366 e. The molecule has 0 N–H and O–H groups in total. The zero-order chi connectivity index (χ0) is 14.5. The summed E-state index contributed by atoms with van der Waals surface area (Å²) in [5.74, 6) is 0. The van der Waals surface area contributed by atoms with Crippen molar-refractivity contribution in [3.63, 3.8) is 0 Å². The molecular formula is C17H29N3. The second kappa shape index (κ2) is 7.09. The minimum absolute atomic E-state index is 0.747. The largest absolute Gasteiger partial charge is 0.371 e. The Hall–Kier alpha value is -1.06. The van der Waals surface area contributed by atoms with Gasteiger partial charge in [0, 0.05) is 37.9 Å². The Bertz CT molecular complexity index is 391. The molecule has 1 aliphatic heterocycles. The summed E-state index contributed by atoms with van der Waals surface area (Å²) in [6, 6.07) is 9.68. The van der Waals surface area contributed by atoms with Gasteiger partial charge in [-0.15, -0.1) is 0 Å². The fourth-order valence-corrected chi connectivity index (χ4v) is 2.86. The van der Waals surface area contributed by atoms with E-state index in [2.05, 4.69) is 67.0 Å². The lowest BCUT2D eigenvalue weighted by Gasteiger charge is -2.38. The molecule has 0 aliphatic carbocycles. The van der Waals surface area contributed by atoms with E-state index in [9.17, 15) is 0 Å². The number of hydrogen-bond acceptors (Lipinski definition) is 3. The molecule has 1 saturated heterocycles. The van der Waals surface area contributed by atoms with Gasteiger partial charge in [-0.3, -0.25) is 0 Å². The van der Waals surface area contributed by atoms with Gasteiger partial charge in [-0.1, -0.05) is 17.7 Å². The summed E-state index contributed by atoms with van der Waals surface area (Å²) in [7, 11) is 6.57. The molecule has 1 aliphatic rings. The van der Waals surface area contributed by atoms with Gasteiger partial charge in [-0.05, 0) is 53.0 Å². The molecule has 1 aromatic carbocycles. The van der Waals surface area contributed by atoms with Crippen molar-refractivity contribution < 1.29 is 0 Å². The average molecular weight is 275 g/mol. The first-order valence-electron chi connectivity index (χ1n) is 7.73. The van der Waals surface area contributed by atoms with Gasteiger partial charge in [0.15, 0.2) is 0 Å². The third-order valence-electron chi connectivity index (χ3n) is 4.39. The molecule has 0 radical (unpaired) electrons. The van der Waals surface area contributed by atoms with E-state index in [4.69, 9.17) is 0 Å². The SMILES string of the molecule is Cc1ccc(N2CCC(N(C)CCN(C)C)CC2)cc1. The van der Waals surface area contributed by atoms with Crippen molar-refractivity contribution in [2.24, 2.45) is 0 Å². The number of anilines is 1. The van der Waals surface area contributed by atoms with E-state index in [0.717, 1.165) is 12.6 Å². The van der Waals surface area contributed by atoms with Crippen LogP contribution in [0.2, 0.25) is 0 Å². The van der Waals surface area contributed by atoms with E-state index >= 15 is 0 Å². The van der Waals surface area contributed by atoms with Gasteiger partial charge in [0.05, 0.1) is 0 Å². The summed E-state index contributed by atoms with van der Waals surface area (Å²) >= 11 is 0. The minimum Gasteiger partial charge on any atom is -0.371 e. The average Bonchev–Trinajstić information content (AvgIpc) is 2.46. The van der Waals surface area contributed by atoms with E-state index in [1.165, 1.54) is 43.7 Å². The van der Waals surface area contributed by atoms with Crippen LogP contribution in [0.3, 0.4) is 0 Å². The molecule has 1 heterocycles. The molecule has 0 amide bonds. The highest BCUT2D eigenvalue weighted by atomic mass is 15.2. The van der Waals surface area contributed by atoms with Crippen LogP contribution in [0.25, 0.3) is 0 Å². The fraction of sp³-hybridized carbons (Fsp3) is 0.647. The van der Waals surface area contributed by atoms with Crippen LogP contribution < -0.4 is 4.90 Å². The Morgan fingerprint density at radius 2 is 1.60 bits per heavy atom. The lowest BCUT2D eigenvalue weighted by atomic mass is 10.0. The highest BCUT2D eigenvalue weighted by molar-refractivity contribution is 5.47. The molecule has 0 spiro atoms. The van der Waals surface area contributed by atoms with Crippen molar-refractivity contribution >= 4 is 5.69 Å². The molecule has 0 atom stereocenters. The normalized spacial score (nSPS) is 17.2. The van der Waals surface area contributed by atoms with Crippen LogP contribution in [0.1, 0.15) is 18.4 Å². The van der Waals surface area contributed by atoms with Crippen LogP contribution >= 0.6 is 0 Å². The summed E-state index contributed by atoms with van der Waals surface area (Å²) in [6.45, 7) is 6.83. The van der Waals surface area contributed by atoms with Crippen LogP contribution in [-0.2, 0) is 0 Å². The molecule has 0 aromatic heterocycles. The first kappa shape index (κ1) is 15.3. The minimum atomic E-state index is 0.747. The lowest BCUT2D eigenvalue weighted by Crippen LogP contribution is -2.45. The van der Waals surface area contributed by atoms with E-state index in [1.807, 2.05) is 0 Å². The number of benzene rings is 1. The maximum absolute atomic E-state index is 2.53. The highest BCUT2D eigenvalue weighted by Crippen LogP contribution is 2.22. The van der Waals surface area contributed by atoms with E-state index in [1.54, 1.807) is 0 Å². The van der Waals surface area contributed by atoms with E-state index < -0.39 is 0 Å². The van der Waals surface area contributed by atoms with Crippen molar-refractivity contribution in [2.45, 2.75) is 25.8 Å². The van der Waals surface area contributed by atoms with Gasteiger partial charge < -0.3 is 14.7 Å². The Morgan fingerprint density at radius 3 is 2.15 bits per heavy atom. The Morgan fingerprint density at radius 1 is 1.00 bits per heavy atom. The van der Waals surface area contributed by atoms with Crippen LogP contribution in [-0.4, -0.2) is 63.2 Å². The Balaban J connectivity index is 1.81. The quantitative estimate of drug-likeness (QED) is 0.817. The third-order valence-corrected chi connectivity index (χ3v) is 4.39. The van der Waals surface area contributed by atoms with Crippen molar-refractivity contribution in [3.8, 4) is 0 Å². The van der Waals surface area contributed by atoms with E-state index in [-0.39, 0.29) is 0 Å². The summed E-state index contributed by atoms with van der Waals surface area (Å²) in [5, 5.41) is 0. The second-order valence-corrected chi connectivity index (χ2v) is 6.34. The molecule has 112 valence electrons. The Labute approximate surface area is 124 Å². The summed E-state index contributed by atoms with van der Waals surface area (Å²) in [6.07, 6.45) is 2.55. The monoisotopic (exact) mass is 275 g/mol. The van der Waals surface area contributed by atoms with Gasteiger partial charge in [0.25, 0.3) is 0 Å². The molecule has 0 unspecified atom stereocenters. The predicted molar refractivity (Wildman–Crippen MR) is 87.6 cm³/mol. The van der Waals surface area contributed by atoms with Crippen LogP contribution in [0.5, 0.6) is 0 Å². The summed E-state index contributed by atoms with van der Waals surface area (Å²) in [5.41, 5.74) is 2.72. The number of likely N-dealkylation sites (N-methyl/N-ethyl adjacent to an activating group) is 2. The molecule has 1 fully saturated rings. The van der Waals surface area contributed by atoms with Crippen molar-refractivity contribution in [2.75, 3.05) is 52.2 Å². The fourth-order valence-electron chi connectivity index (χ4n) is 2.86. The molecule has 3 heteroatoms. The number of hydrogen-bond donors (Lipinski definition) is 0. The molecule has 20 heavy (non-hydrogen) atoms. The first-order chi connectivity index (χ1) is 9.56. The van der Waals surface area contributed by atoms with Gasteiger partial charge in [-0.25, -0.2) is 0 Å². The Kier molecular flexibility index (Phi) is 5.44. The molecule has 3 nitrogen and oxygen atoms in total. The van der Waals surface area contributed by atoms with Gasteiger partial charge in [0.1, 0.15) is 0 Å². The first-order valence-corrected chi connectivity index (χ1v) is 7.73. The third kappa shape index (κ3) is 4.22. The van der Waals surface area contributed by atoms with Crippen molar-refractivity contribution in [1.82, 2.24) is 9.80 Å². The zero-order valence-electron chi connectivity index (χ0n) is 13.5. The van der Waals surface area contributed by atoms with Crippen LogP contribution in [0, 0.1) is 6.92 Å². The predicted octanol–water partition coefficient (Wildman–Crippen LogP) is 2.46. The number of piperidine rings is 1. The number of aryl methyl sites for hydroxylation is 1. The standard InChI is InChI=1S/C17H29N3/c1-15-5-7-17(8-6-15)20-11-9-16(10-12-20)19(4)14-13-18(2)3/h5-8,16H,9-14H2,1-4H3. The second-order valence-electron chi connectivity index (χ2n) is 6.34. The molecule has 1 aromatic rings. The van der Waals surface area contributed by atoms with Gasteiger partial charge >= 0.3 is 0 Å². The van der Waals surface area contributed by atoms with Gasteiger partial charge in [-0.2, -0.15) is 0 Å². The number of nitrogens with zero attached hydrogens (tertiary/aromatic N) is 3. The molecular weight excluding hydrogens is 246 g/mol.